The van der Waals surface area contributed by atoms with E-state index >= 15 is 0 Å². The number of aryl methyl sites for hydroxylation is 1. The van der Waals surface area contributed by atoms with Crippen LogP contribution >= 0.6 is 0 Å². The van der Waals surface area contributed by atoms with Gasteiger partial charge in [0.05, 0.1) is 5.56 Å². The number of hydrogen-bond acceptors (Lipinski definition) is 8. The smallest absolute Gasteiger partial charge is 0.224 e. The molecule has 1 saturated carbocycles. The molecule has 3 aromatic rings. The summed E-state index contributed by atoms with van der Waals surface area (Å²) in [5, 5.41) is 6.63. The Morgan fingerprint density at radius 2 is 1.90 bits per heavy atom. The first kappa shape index (κ1) is 20.9. The van der Waals surface area contributed by atoms with E-state index in [-0.39, 0.29) is 17.9 Å². The molecule has 4 N–H and O–H groups in total. The lowest BCUT2D eigenvalue weighted by molar-refractivity contribution is 0.101. The Hall–Kier alpha value is -3.39. The molecule has 4 rings (SSSR count). The van der Waals surface area contributed by atoms with Crippen molar-refractivity contribution in [3.05, 3.63) is 54.0 Å². The lowest BCUT2D eigenvalue weighted by Crippen LogP contribution is -2.43. The third kappa shape index (κ3) is 4.86. The molecule has 8 heteroatoms. The molecule has 1 fully saturated rings. The van der Waals surface area contributed by atoms with Crippen LogP contribution < -0.4 is 16.4 Å². The van der Waals surface area contributed by atoms with E-state index in [1.165, 1.54) is 6.92 Å². The average Bonchev–Trinajstić information content (AvgIpc) is 2.77. The van der Waals surface area contributed by atoms with Gasteiger partial charge in [-0.1, -0.05) is 18.9 Å². The molecule has 1 aliphatic carbocycles. The van der Waals surface area contributed by atoms with E-state index < -0.39 is 0 Å². The van der Waals surface area contributed by atoms with E-state index in [1.54, 1.807) is 24.7 Å². The summed E-state index contributed by atoms with van der Waals surface area (Å²) in [6.45, 7) is 3.52. The standard InChI is InChI=1S/C23H27N7O/c1-14-8-9-16(12-17(14)21-25-10-5-11-26-21)28-22-18(15(2)31)13-27-23(30-22)29-20-7-4-3-6-19(20)24/h5,8-13,19-20H,3-4,6-7,24H2,1-2H3,(H2,27,28,29,30)/t19-,20+/m0/s1. The lowest BCUT2D eigenvalue weighted by atomic mass is 9.91. The first-order chi connectivity index (χ1) is 15.0. The normalized spacial score (nSPS) is 18.4. The Labute approximate surface area is 181 Å². The number of carbonyl (C=O) groups excluding carboxylic acids is 1. The van der Waals surface area contributed by atoms with E-state index in [0.717, 1.165) is 42.5 Å². The predicted octanol–water partition coefficient (Wildman–Crippen LogP) is 3.87. The van der Waals surface area contributed by atoms with Crippen molar-refractivity contribution in [3.8, 4) is 11.4 Å². The van der Waals surface area contributed by atoms with Crippen LogP contribution in [0.5, 0.6) is 0 Å². The van der Waals surface area contributed by atoms with Gasteiger partial charge >= 0.3 is 0 Å². The minimum atomic E-state index is -0.109. The largest absolute Gasteiger partial charge is 0.350 e. The number of nitrogens with two attached hydrogens (primary N) is 1. The number of Topliss-reactive ketones (excluding diaryl/α,β-unsaturated/α-hetero) is 1. The van der Waals surface area contributed by atoms with Gasteiger partial charge in [0.15, 0.2) is 11.6 Å². The van der Waals surface area contributed by atoms with Gasteiger partial charge in [-0.15, -0.1) is 0 Å². The summed E-state index contributed by atoms with van der Waals surface area (Å²) in [7, 11) is 0. The number of rotatable bonds is 6. The van der Waals surface area contributed by atoms with Crippen LogP contribution in [-0.4, -0.2) is 37.8 Å². The third-order valence-corrected chi connectivity index (χ3v) is 5.61. The van der Waals surface area contributed by atoms with Gasteiger partial charge in [0.2, 0.25) is 5.95 Å². The molecule has 8 nitrogen and oxygen atoms in total. The fraction of sp³-hybridized carbons (Fsp3) is 0.348. The highest BCUT2D eigenvalue weighted by Crippen LogP contribution is 2.27. The fourth-order valence-electron chi connectivity index (χ4n) is 3.82. The molecule has 0 radical (unpaired) electrons. The van der Waals surface area contributed by atoms with E-state index in [1.807, 2.05) is 25.1 Å². The second-order valence-electron chi connectivity index (χ2n) is 7.94. The highest BCUT2D eigenvalue weighted by molar-refractivity contribution is 5.99. The summed E-state index contributed by atoms with van der Waals surface area (Å²) < 4.78 is 0. The summed E-state index contributed by atoms with van der Waals surface area (Å²) in [5.74, 6) is 1.46. The maximum atomic E-state index is 12.2. The van der Waals surface area contributed by atoms with Gasteiger partial charge in [-0.2, -0.15) is 4.98 Å². The van der Waals surface area contributed by atoms with Gasteiger partial charge in [-0.05, 0) is 50.5 Å². The highest BCUT2D eigenvalue weighted by atomic mass is 16.1. The number of anilines is 3. The molecular formula is C23H27N7O. The number of carbonyl (C=O) groups is 1. The molecule has 1 aromatic carbocycles. The van der Waals surface area contributed by atoms with Gasteiger partial charge in [0, 0.05) is 41.9 Å². The molecule has 2 heterocycles. The number of ketones is 1. The van der Waals surface area contributed by atoms with Crippen LogP contribution in [0.4, 0.5) is 17.5 Å². The molecule has 2 atom stereocenters. The summed E-state index contributed by atoms with van der Waals surface area (Å²) >= 11 is 0. The van der Waals surface area contributed by atoms with Crippen LogP contribution in [0.2, 0.25) is 0 Å². The number of benzene rings is 1. The zero-order valence-corrected chi connectivity index (χ0v) is 17.8. The maximum absolute atomic E-state index is 12.2. The number of nitrogens with zero attached hydrogens (tertiary/aromatic N) is 4. The van der Waals surface area contributed by atoms with E-state index in [9.17, 15) is 4.79 Å². The van der Waals surface area contributed by atoms with Crippen molar-refractivity contribution >= 4 is 23.2 Å². The van der Waals surface area contributed by atoms with E-state index in [4.69, 9.17) is 5.73 Å². The minimum absolute atomic E-state index is 0.0757. The third-order valence-electron chi connectivity index (χ3n) is 5.61. The van der Waals surface area contributed by atoms with Crippen molar-refractivity contribution in [1.82, 2.24) is 19.9 Å². The number of hydrogen-bond donors (Lipinski definition) is 3. The van der Waals surface area contributed by atoms with Gasteiger partial charge in [-0.25, -0.2) is 15.0 Å². The molecule has 0 bridgehead atoms. The van der Waals surface area contributed by atoms with Gasteiger partial charge < -0.3 is 16.4 Å². The summed E-state index contributed by atoms with van der Waals surface area (Å²) in [4.78, 5) is 29.8. The molecule has 0 aliphatic heterocycles. The molecule has 1 aliphatic rings. The first-order valence-corrected chi connectivity index (χ1v) is 10.6. The molecule has 31 heavy (non-hydrogen) atoms. The predicted molar refractivity (Wildman–Crippen MR) is 121 cm³/mol. The number of nitrogens with one attached hydrogen (secondary N) is 2. The van der Waals surface area contributed by atoms with Crippen LogP contribution in [0, 0.1) is 6.92 Å². The molecule has 0 spiro atoms. The van der Waals surface area contributed by atoms with Crippen LogP contribution in [0.3, 0.4) is 0 Å². The Balaban J connectivity index is 1.63. The number of aromatic nitrogens is 4. The maximum Gasteiger partial charge on any atom is 0.224 e. The van der Waals surface area contributed by atoms with Gasteiger partial charge in [0.1, 0.15) is 5.82 Å². The van der Waals surface area contributed by atoms with Crippen molar-refractivity contribution in [3.63, 3.8) is 0 Å². The van der Waals surface area contributed by atoms with Crippen LogP contribution in [0.1, 0.15) is 48.5 Å². The molecule has 0 unspecified atom stereocenters. The van der Waals surface area contributed by atoms with Crippen molar-refractivity contribution < 1.29 is 4.79 Å². The minimum Gasteiger partial charge on any atom is -0.350 e. The monoisotopic (exact) mass is 417 g/mol. The van der Waals surface area contributed by atoms with Crippen LogP contribution in [0.15, 0.2) is 42.9 Å². The molecule has 2 aromatic heterocycles. The zero-order valence-electron chi connectivity index (χ0n) is 17.8. The van der Waals surface area contributed by atoms with Crippen LogP contribution in [-0.2, 0) is 0 Å². The zero-order chi connectivity index (χ0) is 21.8. The van der Waals surface area contributed by atoms with Crippen molar-refractivity contribution in [1.29, 1.82) is 0 Å². The Bertz CT molecular complexity index is 1070. The van der Waals surface area contributed by atoms with Crippen molar-refractivity contribution in [2.75, 3.05) is 10.6 Å². The van der Waals surface area contributed by atoms with E-state index in [2.05, 4.69) is 30.6 Å². The Kier molecular flexibility index (Phi) is 6.18. The molecular weight excluding hydrogens is 390 g/mol. The first-order valence-electron chi connectivity index (χ1n) is 10.6. The second-order valence-corrected chi connectivity index (χ2v) is 7.94. The quantitative estimate of drug-likeness (QED) is 0.517. The summed E-state index contributed by atoms with van der Waals surface area (Å²) in [5.41, 5.74) is 9.44. The Morgan fingerprint density at radius 1 is 1.13 bits per heavy atom. The Morgan fingerprint density at radius 3 is 2.65 bits per heavy atom. The molecule has 0 saturated heterocycles. The van der Waals surface area contributed by atoms with Crippen molar-refractivity contribution in [2.24, 2.45) is 5.73 Å². The summed E-state index contributed by atoms with van der Waals surface area (Å²) in [6, 6.07) is 7.88. The fourth-order valence-corrected chi connectivity index (χ4v) is 3.82. The average molecular weight is 418 g/mol. The topological polar surface area (TPSA) is 119 Å². The lowest BCUT2D eigenvalue weighted by Gasteiger charge is -2.29. The van der Waals surface area contributed by atoms with Gasteiger partial charge in [-0.3, -0.25) is 4.79 Å². The second kappa shape index (κ2) is 9.18. The SMILES string of the molecule is CC(=O)c1cnc(N[C@@H]2CCCC[C@@H]2N)nc1Nc1ccc(C)c(-c2ncccn2)c1. The molecule has 160 valence electrons. The summed E-state index contributed by atoms with van der Waals surface area (Å²) in [6.07, 6.45) is 9.25. The highest BCUT2D eigenvalue weighted by Gasteiger charge is 2.23. The van der Waals surface area contributed by atoms with Crippen molar-refractivity contribution in [2.45, 2.75) is 51.6 Å². The van der Waals surface area contributed by atoms with Gasteiger partial charge in [0.25, 0.3) is 0 Å². The van der Waals surface area contributed by atoms with Crippen LogP contribution in [0.25, 0.3) is 11.4 Å². The molecule has 0 amide bonds. The van der Waals surface area contributed by atoms with E-state index in [0.29, 0.717) is 23.2 Å².